The Balaban J connectivity index is 1.01. The van der Waals surface area contributed by atoms with Crippen molar-refractivity contribution in [1.82, 2.24) is 4.57 Å². The van der Waals surface area contributed by atoms with Gasteiger partial charge >= 0.3 is 0 Å². The Morgan fingerprint density at radius 2 is 0.857 bits per heavy atom. The molecule has 262 valence electrons. The van der Waals surface area contributed by atoms with Gasteiger partial charge in [0.2, 0.25) is 0 Å². The van der Waals surface area contributed by atoms with E-state index in [4.69, 9.17) is 0 Å². The third-order valence-electron chi connectivity index (χ3n) is 11.4. The van der Waals surface area contributed by atoms with Crippen LogP contribution in [0.3, 0.4) is 0 Å². The third-order valence-corrected chi connectivity index (χ3v) is 11.4. The van der Waals surface area contributed by atoms with E-state index in [2.05, 4.69) is 228 Å². The number of rotatable bonds is 6. The lowest BCUT2D eigenvalue weighted by Crippen LogP contribution is -2.10. The van der Waals surface area contributed by atoms with Gasteiger partial charge in [-0.25, -0.2) is 0 Å². The van der Waals surface area contributed by atoms with Crippen molar-refractivity contribution >= 4 is 71.2 Å². The fraction of sp³-hybridized carbons (Fsp3) is 0. The topological polar surface area (TPSA) is 8.17 Å². The molecule has 0 bridgehead atoms. The van der Waals surface area contributed by atoms with Crippen LogP contribution in [0.2, 0.25) is 0 Å². The summed E-state index contributed by atoms with van der Waals surface area (Å²) in [5.74, 6) is 0. The van der Waals surface area contributed by atoms with Gasteiger partial charge in [-0.2, -0.15) is 0 Å². The van der Waals surface area contributed by atoms with Crippen molar-refractivity contribution in [3.63, 3.8) is 0 Å². The van der Waals surface area contributed by atoms with E-state index in [1.165, 1.54) is 76.4 Å². The first-order valence-electron chi connectivity index (χ1n) is 19.3. The molecule has 10 aromatic carbocycles. The molecule has 0 amide bonds. The van der Waals surface area contributed by atoms with E-state index in [9.17, 15) is 0 Å². The van der Waals surface area contributed by atoms with E-state index in [0.717, 1.165) is 22.7 Å². The minimum absolute atomic E-state index is 1.12. The second kappa shape index (κ2) is 13.2. The average Bonchev–Trinajstić information content (AvgIpc) is 3.61. The van der Waals surface area contributed by atoms with E-state index >= 15 is 0 Å². The van der Waals surface area contributed by atoms with Crippen LogP contribution in [0, 0.1) is 0 Å². The Kier molecular flexibility index (Phi) is 7.53. The van der Waals surface area contributed by atoms with Gasteiger partial charge in [-0.05, 0) is 104 Å². The Morgan fingerprint density at radius 1 is 0.304 bits per heavy atom. The largest absolute Gasteiger partial charge is 0.310 e. The van der Waals surface area contributed by atoms with Gasteiger partial charge < -0.3 is 9.47 Å². The van der Waals surface area contributed by atoms with Gasteiger partial charge in [0.05, 0.1) is 16.7 Å². The molecule has 0 aliphatic rings. The van der Waals surface area contributed by atoms with Gasteiger partial charge in [0, 0.05) is 33.2 Å². The summed E-state index contributed by atoms with van der Waals surface area (Å²) in [7, 11) is 0. The lowest BCUT2D eigenvalue weighted by molar-refractivity contribution is 1.18. The highest BCUT2D eigenvalue weighted by molar-refractivity contribution is 6.25. The summed E-state index contributed by atoms with van der Waals surface area (Å²) < 4.78 is 2.43. The average molecular weight is 713 g/mol. The second-order valence-corrected chi connectivity index (χ2v) is 14.5. The molecule has 0 fully saturated rings. The van der Waals surface area contributed by atoms with Crippen LogP contribution in [0.5, 0.6) is 0 Å². The number of hydrogen-bond donors (Lipinski definition) is 0. The monoisotopic (exact) mass is 712 g/mol. The fourth-order valence-electron chi connectivity index (χ4n) is 8.81. The highest BCUT2D eigenvalue weighted by Crippen LogP contribution is 2.43. The SMILES string of the molecule is c1ccc(N(c2ccc(-c3ccc(-n4c5ccccc5c5c6c(-c7cccc8ccccc78)cccc6ccc54)cc3)cc2)c2cccc3ccccc23)cc1. The Morgan fingerprint density at radius 3 is 1.62 bits per heavy atom. The molecule has 0 aliphatic carbocycles. The fourth-order valence-corrected chi connectivity index (χ4v) is 8.81. The zero-order valence-electron chi connectivity index (χ0n) is 30.7. The third kappa shape index (κ3) is 5.19. The number of fused-ring (bicyclic) bond motifs is 7. The molecule has 1 heterocycles. The summed E-state index contributed by atoms with van der Waals surface area (Å²) in [5, 5.41) is 10.1. The normalized spacial score (nSPS) is 11.6. The highest BCUT2D eigenvalue weighted by atomic mass is 15.1. The smallest absolute Gasteiger partial charge is 0.0547 e. The molecule has 0 saturated heterocycles. The summed E-state index contributed by atoms with van der Waals surface area (Å²) in [6, 6.07) is 79.3. The van der Waals surface area contributed by atoms with Crippen LogP contribution in [0.15, 0.2) is 218 Å². The number of hydrogen-bond acceptors (Lipinski definition) is 1. The Hall–Kier alpha value is -7.42. The minimum Gasteiger partial charge on any atom is -0.310 e. The Labute approximate surface area is 325 Å². The van der Waals surface area contributed by atoms with Crippen molar-refractivity contribution in [2.75, 3.05) is 4.90 Å². The van der Waals surface area contributed by atoms with Gasteiger partial charge in [-0.3, -0.25) is 0 Å². The van der Waals surface area contributed by atoms with Crippen molar-refractivity contribution in [3.8, 4) is 27.9 Å². The van der Waals surface area contributed by atoms with Gasteiger partial charge in [-0.1, -0.05) is 164 Å². The molecule has 0 spiro atoms. The predicted octanol–water partition coefficient (Wildman–Crippen LogP) is 15.0. The van der Waals surface area contributed by atoms with Gasteiger partial charge in [0.1, 0.15) is 0 Å². The molecule has 11 rings (SSSR count). The maximum absolute atomic E-state index is 2.43. The van der Waals surface area contributed by atoms with E-state index in [1.807, 2.05) is 0 Å². The van der Waals surface area contributed by atoms with Crippen molar-refractivity contribution < 1.29 is 0 Å². The summed E-state index contributed by atoms with van der Waals surface area (Å²) in [5.41, 5.74) is 11.8. The molecule has 0 atom stereocenters. The standard InChI is InChI=1S/C54H36N2/c1-2-18-42(19-3-1)55(50-26-12-16-40-14-5-7-21-46(40)50)43-32-27-37(28-33-43)38-29-34-44(35-30-38)56-51-25-9-8-22-49(51)54-52(56)36-31-41-17-11-24-48(53(41)54)47-23-10-15-39-13-4-6-20-45(39)47/h1-36H. The molecule has 2 heteroatoms. The molecule has 56 heavy (non-hydrogen) atoms. The van der Waals surface area contributed by atoms with Crippen LogP contribution in [0.4, 0.5) is 17.1 Å². The highest BCUT2D eigenvalue weighted by Gasteiger charge is 2.19. The van der Waals surface area contributed by atoms with Gasteiger partial charge in [-0.15, -0.1) is 0 Å². The molecule has 0 N–H and O–H groups in total. The zero-order chi connectivity index (χ0) is 37.0. The molecule has 0 unspecified atom stereocenters. The minimum atomic E-state index is 1.12. The molecule has 1 aromatic heterocycles. The number of anilines is 3. The molecule has 0 aliphatic heterocycles. The first kappa shape index (κ1) is 32.0. The van der Waals surface area contributed by atoms with Crippen molar-refractivity contribution in [2.45, 2.75) is 0 Å². The first-order valence-corrected chi connectivity index (χ1v) is 19.3. The van der Waals surface area contributed by atoms with Crippen molar-refractivity contribution in [2.24, 2.45) is 0 Å². The molecular formula is C54H36N2. The van der Waals surface area contributed by atoms with Gasteiger partial charge in [0.25, 0.3) is 0 Å². The summed E-state index contributed by atoms with van der Waals surface area (Å²) in [6.07, 6.45) is 0. The van der Waals surface area contributed by atoms with Crippen molar-refractivity contribution in [1.29, 1.82) is 0 Å². The molecular weight excluding hydrogens is 677 g/mol. The van der Waals surface area contributed by atoms with E-state index in [0.29, 0.717) is 0 Å². The van der Waals surface area contributed by atoms with Crippen LogP contribution in [0.25, 0.3) is 82.1 Å². The number of aromatic nitrogens is 1. The number of benzene rings is 10. The Bertz CT molecular complexity index is 3220. The van der Waals surface area contributed by atoms with Gasteiger partial charge in [0.15, 0.2) is 0 Å². The van der Waals surface area contributed by atoms with Crippen LogP contribution in [0.1, 0.15) is 0 Å². The maximum Gasteiger partial charge on any atom is 0.0547 e. The molecule has 2 nitrogen and oxygen atoms in total. The summed E-state index contributed by atoms with van der Waals surface area (Å²) in [4.78, 5) is 2.35. The summed E-state index contributed by atoms with van der Waals surface area (Å²) in [6.45, 7) is 0. The quantitative estimate of drug-likeness (QED) is 0.167. The second-order valence-electron chi connectivity index (χ2n) is 14.5. The molecule has 0 radical (unpaired) electrons. The maximum atomic E-state index is 2.43. The van der Waals surface area contributed by atoms with Crippen LogP contribution >= 0.6 is 0 Å². The van der Waals surface area contributed by atoms with Crippen LogP contribution in [-0.2, 0) is 0 Å². The van der Waals surface area contributed by atoms with Crippen molar-refractivity contribution in [3.05, 3.63) is 218 Å². The lowest BCUT2D eigenvalue weighted by atomic mass is 9.92. The summed E-state index contributed by atoms with van der Waals surface area (Å²) >= 11 is 0. The predicted molar refractivity (Wildman–Crippen MR) is 239 cm³/mol. The molecule has 11 aromatic rings. The first-order chi connectivity index (χ1) is 27.8. The van der Waals surface area contributed by atoms with Crippen LogP contribution < -0.4 is 4.90 Å². The number of para-hydroxylation sites is 2. The van der Waals surface area contributed by atoms with E-state index in [-0.39, 0.29) is 0 Å². The lowest BCUT2D eigenvalue weighted by Gasteiger charge is -2.27. The zero-order valence-corrected chi connectivity index (χ0v) is 30.7. The van der Waals surface area contributed by atoms with E-state index in [1.54, 1.807) is 0 Å². The molecule has 0 saturated carbocycles. The number of nitrogens with zero attached hydrogens (tertiary/aromatic N) is 2. The van der Waals surface area contributed by atoms with E-state index < -0.39 is 0 Å². The van der Waals surface area contributed by atoms with Crippen LogP contribution in [-0.4, -0.2) is 4.57 Å².